The highest BCUT2D eigenvalue weighted by molar-refractivity contribution is 6.31. The fourth-order valence-electron chi connectivity index (χ4n) is 3.43. The number of carbonyl (C=O) groups is 1. The van der Waals surface area contributed by atoms with E-state index in [0.29, 0.717) is 47.5 Å². The van der Waals surface area contributed by atoms with Gasteiger partial charge in [-0.3, -0.25) is 9.78 Å². The number of methoxy groups -OCH3 is 2. The maximum atomic E-state index is 12.9. The molecular weight excluding hydrogens is 382 g/mol. The third kappa shape index (κ3) is 3.96. The highest BCUT2D eigenvalue weighted by Crippen LogP contribution is 2.40. The molecule has 0 spiro atoms. The summed E-state index contributed by atoms with van der Waals surface area (Å²) in [4.78, 5) is 27.6. The third-order valence-corrected chi connectivity index (χ3v) is 4.96. The van der Waals surface area contributed by atoms with Gasteiger partial charge >= 0.3 is 0 Å². The average molecular weight is 406 g/mol. The Hall–Kier alpha value is -2.61. The smallest absolute Gasteiger partial charge is 0.223 e. The number of rotatable bonds is 6. The summed E-state index contributed by atoms with van der Waals surface area (Å²) in [6.07, 6.45) is 2.27. The maximum Gasteiger partial charge on any atom is 0.223 e. The number of hydrogen-bond donors (Lipinski definition) is 1. The average Bonchev–Trinajstić information content (AvgIpc) is 2.64. The lowest BCUT2D eigenvalue weighted by Gasteiger charge is -2.34. The molecule has 1 unspecified atom stereocenters. The number of pyridine rings is 1. The molecule has 2 aromatic heterocycles. The molecule has 0 aliphatic carbocycles. The minimum atomic E-state index is -0.335. The molecule has 3 heterocycles. The van der Waals surface area contributed by atoms with E-state index >= 15 is 0 Å². The molecule has 150 valence electrons. The number of nitrogens with zero attached hydrogens (tertiary/aromatic N) is 4. The second-order valence-corrected chi connectivity index (χ2v) is 7.50. The van der Waals surface area contributed by atoms with Crippen LogP contribution in [0.25, 0.3) is 0 Å². The molecule has 0 bridgehead atoms. The summed E-state index contributed by atoms with van der Waals surface area (Å²) < 4.78 is 10.6. The van der Waals surface area contributed by atoms with E-state index in [-0.39, 0.29) is 29.3 Å². The van der Waals surface area contributed by atoms with Crippen molar-refractivity contribution in [1.82, 2.24) is 15.0 Å². The van der Waals surface area contributed by atoms with Gasteiger partial charge in [-0.15, -0.1) is 0 Å². The minimum absolute atomic E-state index is 0.0756. The van der Waals surface area contributed by atoms with Gasteiger partial charge in [0.05, 0.1) is 45.1 Å². The summed E-state index contributed by atoms with van der Waals surface area (Å²) >= 11 is 6.38. The molecule has 1 atom stereocenters. The van der Waals surface area contributed by atoms with Crippen LogP contribution >= 0.6 is 11.6 Å². The molecule has 9 heteroatoms. The molecule has 1 aliphatic heterocycles. The normalized spacial score (nSPS) is 16.3. The standard InChI is InChI=1S/C19H24ClN5O3/c1-10(2)5-12-13(26)9-25(18-16(12)17(20)23-19(21)24-18)8-11-6-14(27-3)15(28-4)7-22-11/h6-7,10,12H,5,8-9H2,1-4H3,(H2,21,23,24). The number of Topliss-reactive ketones (excluding diaryl/α,β-unsaturated/α-hetero) is 1. The number of nitrogens with two attached hydrogens (primary N) is 1. The Morgan fingerprint density at radius 2 is 2.00 bits per heavy atom. The van der Waals surface area contributed by atoms with Gasteiger partial charge in [0, 0.05) is 11.6 Å². The van der Waals surface area contributed by atoms with Crippen molar-refractivity contribution >= 4 is 29.2 Å². The summed E-state index contributed by atoms with van der Waals surface area (Å²) in [5, 5.41) is 0.228. The number of hydrogen-bond acceptors (Lipinski definition) is 8. The van der Waals surface area contributed by atoms with Crippen molar-refractivity contribution in [2.75, 3.05) is 31.4 Å². The molecule has 3 rings (SSSR count). The largest absolute Gasteiger partial charge is 0.493 e. The molecule has 0 fully saturated rings. The fraction of sp³-hybridized carbons (Fsp3) is 0.474. The van der Waals surface area contributed by atoms with Crippen LogP contribution in [0.4, 0.5) is 11.8 Å². The van der Waals surface area contributed by atoms with E-state index in [4.69, 9.17) is 26.8 Å². The molecule has 0 aromatic carbocycles. The van der Waals surface area contributed by atoms with Gasteiger partial charge in [0.25, 0.3) is 0 Å². The number of anilines is 2. The third-order valence-electron chi connectivity index (χ3n) is 4.67. The van der Waals surface area contributed by atoms with Gasteiger partial charge in [-0.25, -0.2) is 4.98 Å². The van der Waals surface area contributed by atoms with Gasteiger partial charge in [0.2, 0.25) is 5.95 Å². The Morgan fingerprint density at radius 1 is 1.29 bits per heavy atom. The van der Waals surface area contributed by atoms with Gasteiger partial charge in [0.1, 0.15) is 11.0 Å². The molecule has 1 aliphatic rings. The number of aromatic nitrogens is 3. The van der Waals surface area contributed by atoms with E-state index in [1.54, 1.807) is 26.5 Å². The quantitative estimate of drug-likeness (QED) is 0.731. The first kappa shape index (κ1) is 20.1. The van der Waals surface area contributed by atoms with E-state index in [2.05, 4.69) is 28.8 Å². The number of ether oxygens (including phenoxy) is 2. The first-order valence-electron chi connectivity index (χ1n) is 9.01. The molecule has 0 saturated carbocycles. The van der Waals surface area contributed by atoms with Crippen molar-refractivity contribution in [2.24, 2.45) is 5.92 Å². The van der Waals surface area contributed by atoms with Gasteiger partial charge in [-0.05, 0) is 12.3 Å². The van der Waals surface area contributed by atoms with Crippen molar-refractivity contribution < 1.29 is 14.3 Å². The van der Waals surface area contributed by atoms with Crippen LogP contribution < -0.4 is 20.1 Å². The summed E-state index contributed by atoms with van der Waals surface area (Å²) in [7, 11) is 3.11. The molecule has 2 aromatic rings. The van der Waals surface area contributed by atoms with Crippen molar-refractivity contribution in [3.63, 3.8) is 0 Å². The Balaban J connectivity index is 2.00. The lowest BCUT2D eigenvalue weighted by atomic mass is 9.85. The van der Waals surface area contributed by atoms with Crippen LogP contribution in [0.3, 0.4) is 0 Å². The molecule has 28 heavy (non-hydrogen) atoms. The Morgan fingerprint density at radius 3 is 2.64 bits per heavy atom. The summed E-state index contributed by atoms with van der Waals surface area (Å²) in [5.41, 5.74) is 7.17. The van der Waals surface area contributed by atoms with Crippen LogP contribution in [0.15, 0.2) is 12.3 Å². The monoisotopic (exact) mass is 405 g/mol. The highest BCUT2D eigenvalue weighted by atomic mass is 35.5. The molecule has 0 radical (unpaired) electrons. The van der Waals surface area contributed by atoms with Crippen molar-refractivity contribution in [1.29, 1.82) is 0 Å². The first-order valence-corrected chi connectivity index (χ1v) is 9.39. The molecule has 2 N–H and O–H groups in total. The number of halogens is 1. The van der Waals surface area contributed by atoms with Crippen LogP contribution in [0.1, 0.15) is 37.4 Å². The number of nitrogen functional groups attached to an aromatic ring is 1. The first-order chi connectivity index (χ1) is 13.3. The zero-order chi connectivity index (χ0) is 20.4. The van der Waals surface area contributed by atoms with Gasteiger partial charge in [0.15, 0.2) is 17.3 Å². The molecule has 0 amide bonds. The maximum absolute atomic E-state index is 12.9. The number of fused-ring (bicyclic) bond motifs is 1. The van der Waals surface area contributed by atoms with E-state index < -0.39 is 0 Å². The van der Waals surface area contributed by atoms with Crippen LogP contribution in [-0.4, -0.2) is 41.5 Å². The van der Waals surface area contributed by atoms with E-state index in [1.165, 1.54) is 0 Å². The zero-order valence-corrected chi connectivity index (χ0v) is 17.2. The van der Waals surface area contributed by atoms with E-state index in [0.717, 1.165) is 0 Å². The Kier molecular flexibility index (Phi) is 5.88. The lowest BCUT2D eigenvalue weighted by molar-refractivity contribution is -0.120. The Labute approximate surface area is 169 Å². The second kappa shape index (κ2) is 8.18. The molecule has 0 saturated heterocycles. The highest BCUT2D eigenvalue weighted by Gasteiger charge is 2.36. The second-order valence-electron chi connectivity index (χ2n) is 7.15. The predicted octanol–water partition coefficient (Wildman–Crippen LogP) is 2.84. The van der Waals surface area contributed by atoms with Gasteiger partial charge in [-0.1, -0.05) is 25.4 Å². The van der Waals surface area contributed by atoms with Crippen molar-refractivity contribution in [2.45, 2.75) is 32.7 Å². The fourth-order valence-corrected chi connectivity index (χ4v) is 3.74. The van der Waals surface area contributed by atoms with Crippen LogP contribution in [0.2, 0.25) is 5.15 Å². The SMILES string of the molecule is COc1cnc(CN2CC(=O)C(CC(C)C)c3c(Cl)nc(N)nc32)cc1OC. The number of carbonyl (C=O) groups excluding carboxylic acids is 1. The van der Waals surface area contributed by atoms with E-state index in [1.807, 2.05) is 4.90 Å². The lowest BCUT2D eigenvalue weighted by Crippen LogP contribution is -2.39. The van der Waals surface area contributed by atoms with Gasteiger partial charge < -0.3 is 20.1 Å². The minimum Gasteiger partial charge on any atom is -0.493 e. The van der Waals surface area contributed by atoms with Crippen LogP contribution in [0, 0.1) is 5.92 Å². The summed E-state index contributed by atoms with van der Waals surface area (Å²) in [6.45, 7) is 4.69. The van der Waals surface area contributed by atoms with Gasteiger partial charge in [-0.2, -0.15) is 4.98 Å². The summed E-state index contributed by atoms with van der Waals surface area (Å²) in [6, 6.07) is 1.77. The van der Waals surface area contributed by atoms with Crippen LogP contribution in [0.5, 0.6) is 11.5 Å². The topological polar surface area (TPSA) is 103 Å². The zero-order valence-electron chi connectivity index (χ0n) is 16.4. The number of ketones is 1. The predicted molar refractivity (Wildman–Crippen MR) is 107 cm³/mol. The molecular formula is C19H24ClN5O3. The van der Waals surface area contributed by atoms with Crippen molar-refractivity contribution in [3.05, 3.63) is 28.7 Å². The Bertz CT molecular complexity index is 890. The summed E-state index contributed by atoms with van der Waals surface area (Å²) in [5.74, 6) is 1.83. The van der Waals surface area contributed by atoms with E-state index in [9.17, 15) is 4.79 Å². The van der Waals surface area contributed by atoms with Crippen molar-refractivity contribution in [3.8, 4) is 11.5 Å². The van der Waals surface area contributed by atoms with Crippen LogP contribution in [-0.2, 0) is 11.3 Å². The molecule has 8 nitrogen and oxygen atoms in total.